The Labute approximate surface area is 222 Å². The van der Waals surface area contributed by atoms with Gasteiger partial charge in [0, 0.05) is 35.3 Å². The lowest BCUT2D eigenvalue weighted by molar-refractivity contribution is -0.144. The van der Waals surface area contributed by atoms with Gasteiger partial charge in [-0.1, -0.05) is 18.2 Å². The summed E-state index contributed by atoms with van der Waals surface area (Å²) in [6.07, 6.45) is 8.71. The lowest BCUT2D eigenvalue weighted by atomic mass is 9.53. The Morgan fingerprint density at radius 3 is 1.76 bits per heavy atom. The first kappa shape index (κ1) is 25.5. The summed E-state index contributed by atoms with van der Waals surface area (Å²) in [6, 6.07) is 15.1. The molecule has 38 heavy (non-hydrogen) atoms. The molecule has 2 aromatic rings. The molecule has 0 aromatic heterocycles. The van der Waals surface area contributed by atoms with Gasteiger partial charge in [0.2, 0.25) is 11.8 Å². The number of rotatable bonds is 7. The molecule has 0 saturated heterocycles. The molecule has 3 saturated carbocycles. The highest BCUT2D eigenvalue weighted by atomic mass is 16.2. The molecular formula is C29H35N7O2. The van der Waals surface area contributed by atoms with E-state index in [9.17, 15) is 9.59 Å². The molecule has 0 unspecified atom stereocenters. The highest BCUT2D eigenvalue weighted by Gasteiger charge is 2.55. The van der Waals surface area contributed by atoms with Crippen LogP contribution < -0.4 is 22.1 Å². The Morgan fingerprint density at radius 2 is 1.34 bits per heavy atom. The number of benzene rings is 2. The minimum absolute atomic E-state index is 0.0105. The molecule has 6 rings (SSSR count). The van der Waals surface area contributed by atoms with Crippen LogP contribution in [0.1, 0.15) is 50.5 Å². The van der Waals surface area contributed by atoms with Crippen LogP contribution in [0, 0.1) is 16.2 Å². The number of nitrogens with zero attached hydrogens (tertiary/aromatic N) is 2. The van der Waals surface area contributed by atoms with E-state index in [4.69, 9.17) is 16.9 Å². The van der Waals surface area contributed by atoms with Crippen LogP contribution in [0.15, 0.2) is 59.6 Å². The van der Waals surface area contributed by atoms with Gasteiger partial charge in [0.25, 0.3) is 0 Å². The molecule has 9 nitrogen and oxygen atoms in total. The predicted octanol–water partition coefficient (Wildman–Crippen LogP) is 4.21. The van der Waals surface area contributed by atoms with Crippen molar-refractivity contribution in [2.75, 3.05) is 23.7 Å². The molecule has 0 radical (unpaired) electrons. The molecule has 7 N–H and O–H groups in total. The maximum atomic E-state index is 13.4. The number of amides is 2. The average molecular weight is 514 g/mol. The van der Waals surface area contributed by atoms with Crippen molar-refractivity contribution in [3.63, 3.8) is 0 Å². The van der Waals surface area contributed by atoms with Gasteiger partial charge in [-0.2, -0.15) is 0 Å². The molecule has 3 aliphatic carbocycles. The van der Waals surface area contributed by atoms with E-state index in [1.807, 2.05) is 17.0 Å². The van der Waals surface area contributed by atoms with Gasteiger partial charge in [-0.15, -0.1) is 0 Å². The number of hydrogen-bond acceptors (Lipinski definition) is 4. The predicted molar refractivity (Wildman–Crippen MR) is 151 cm³/mol. The number of guanidine groups is 1. The zero-order valence-electron chi connectivity index (χ0n) is 21.5. The van der Waals surface area contributed by atoms with Gasteiger partial charge in [0.05, 0.1) is 12.0 Å². The van der Waals surface area contributed by atoms with Gasteiger partial charge < -0.3 is 27.0 Å². The maximum Gasteiger partial charge on any atom is 0.230 e. The molecule has 3 fully saturated rings. The Hall–Kier alpha value is -4.14. The number of fused-ring (bicyclic) bond motifs is 3. The average Bonchev–Trinajstić information content (AvgIpc) is 2.95. The van der Waals surface area contributed by atoms with Crippen LogP contribution in [0.25, 0.3) is 5.57 Å². The van der Waals surface area contributed by atoms with Crippen LogP contribution in [0.2, 0.25) is 0 Å². The highest BCUT2D eigenvalue weighted by Crippen LogP contribution is 2.57. The molecule has 2 amide bonds. The zero-order valence-corrected chi connectivity index (χ0v) is 21.5. The third-order valence-corrected chi connectivity index (χ3v) is 8.53. The molecule has 0 atom stereocenters. The maximum absolute atomic E-state index is 13.4. The lowest BCUT2D eigenvalue weighted by Gasteiger charge is -2.51. The molecule has 1 heterocycles. The highest BCUT2D eigenvalue weighted by molar-refractivity contribution is 5.98. The normalized spacial score (nSPS) is 24.2. The van der Waals surface area contributed by atoms with Crippen LogP contribution in [-0.2, 0) is 9.59 Å². The number of aliphatic imine (C=N–C) groups is 1. The number of nitrogens with two attached hydrogens (primary N) is 2. The second-order valence-corrected chi connectivity index (χ2v) is 10.7. The molecule has 1 aliphatic heterocycles. The van der Waals surface area contributed by atoms with Gasteiger partial charge in [0.15, 0.2) is 5.96 Å². The third kappa shape index (κ3) is 5.14. The van der Waals surface area contributed by atoms with Crippen molar-refractivity contribution in [1.82, 2.24) is 4.90 Å². The van der Waals surface area contributed by atoms with E-state index in [-0.39, 0.29) is 17.8 Å². The summed E-state index contributed by atoms with van der Waals surface area (Å²) in [7, 11) is 0. The molecular weight excluding hydrogens is 478 g/mol. The summed E-state index contributed by atoms with van der Waals surface area (Å²) in [5.41, 5.74) is 14.6. The molecule has 0 spiro atoms. The van der Waals surface area contributed by atoms with Crippen LogP contribution >= 0.6 is 0 Å². The topological polar surface area (TPSA) is 150 Å². The van der Waals surface area contributed by atoms with Crippen LogP contribution in [0.4, 0.5) is 17.1 Å². The Balaban J connectivity index is 1.17. The van der Waals surface area contributed by atoms with Gasteiger partial charge in [-0.3, -0.25) is 15.0 Å². The quantitative estimate of drug-likeness (QED) is 0.278. The van der Waals surface area contributed by atoms with Crippen molar-refractivity contribution < 1.29 is 9.59 Å². The van der Waals surface area contributed by atoms with Crippen molar-refractivity contribution in [3.05, 3.63) is 60.2 Å². The summed E-state index contributed by atoms with van der Waals surface area (Å²) in [5.74, 6) is 0.0774. The number of nitrogens with one attached hydrogen (secondary N) is 3. The second-order valence-electron chi connectivity index (χ2n) is 10.7. The molecule has 2 aromatic carbocycles. The molecule has 9 heteroatoms. The summed E-state index contributed by atoms with van der Waals surface area (Å²) in [5, 5.41) is 13.6. The van der Waals surface area contributed by atoms with Crippen molar-refractivity contribution in [3.8, 4) is 0 Å². The van der Waals surface area contributed by atoms with Crippen LogP contribution in [0.3, 0.4) is 0 Å². The number of carbonyl (C=O) groups is 2. The lowest BCUT2D eigenvalue weighted by Crippen LogP contribution is -2.52. The third-order valence-electron chi connectivity index (χ3n) is 8.53. The first-order chi connectivity index (χ1) is 18.3. The fourth-order valence-corrected chi connectivity index (χ4v) is 5.99. The fraction of sp³-hybridized carbons (Fsp3) is 0.379. The van der Waals surface area contributed by atoms with Gasteiger partial charge >= 0.3 is 0 Å². The number of hydrogen-bond donors (Lipinski definition) is 5. The van der Waals surface area contributed by atoms with E-state index in [2.05, 4.69) is 33.8 Å². The van der Waals surface area contributed by atoms with Crippen LogP contribution in [-0.4, -0.2) is 42.1 Å². The van der Waals surface area contributed by atoms with Crippen molar-refractivity contribution in [2.24, 2.45) is 27.3 Å². The van der Waals surface area contributed by atoms with E-state index >= 15 is 0 Å². The smallest absolute Gasteiger partial charge is 0.230 e. The van der Waals surface area contributed by atoms with Gasteiger partial charge in [-0.25, -0.2) is 4.99 Å². The van der Waals surface area contributed by atoms with Crippen molar-refractivity contribution in [2.45, 2.75) is 44.9 Å². The van der Waals surface area contributed by atoms with Crippen molar-refractivity contribution >= 4 is 46.7 Å². The monoisotopic (exact) mass is 513 g/mol. The summed E-state index contributed by atoms with van der Waals surface area (Å²) < 4.78 is 0. The SMILES string of the molecule is N=CN1CC=C(c2ccc(NC(=O)C34CCC(C(=O)Nc5ccc(N=C(N)N)cc5)(CC3)CC4)cc2)CC1. The first-order valence-corrected chi connectivity index (χ1v) is 13.2. The number of anilines is 2. The van der Waals surface area contributed by atoms with E-state index in [1.54, 1.807) is 24.3 Å². The van der Waals surface area contributed by atoms with Crippen LogP contribution in [0.5, 0.6) is 0 Å². The van der Waals surface area contributed by atoms with Gasteiger partial charge in [-0.05, 0) is 92.5 Å². The summed E-state index contributed by atoms with van der Waals surface area (Å²) in [4.78, 5) is 32.6. The van der Waals surface area contributed by atoms with E-state index in [0.29, 0.717) is 49.9 Å². The molecule has 2 bridgehead atoms. The minimum Gasteiger partial charge on any atom is -0.370 e. The van der Waals surface area contributed by atoms with Crippen molar-refractivity contribution in [1.29, 1.82) is 5.41 Å². The fourth-order valence-electron chi connectivity index (χ4n) is 5.99. The Morgan fingerprint density at radius 1 is 0.842 bits per heavy atom. The largest absolute Gasteiger partial charge is 0.370 e. The van der Waals surface area contributed by atoms with E-state index < -0.39 is 10.8 Å². The Kier molecular flexibility index (Phi) is 6.93. The Bertz CT molecular complexity index is 1250. The second kappa shape index (κ2) is 10.3. The van der Waals surface area contributed by atoms with Gasteiger partial charge in [0.1, 0.15) is 0 Å². The molecule has 4 aliphatic rings. The summed E-state index contributed by atoms with van der Waals surface area (Å²) in [6.45, 7) is 1.60. The summed E-state index contributed by atoms with van der Waals surface area (Å²) >= 11 is 0. The first-order valence-electron chi connectivity index (χ1n) is 13.2. The van der Waals surface area contributed by atoms with E-state index in [0.717, 1.165) is 30.8 Å². The zero-order chi connectivity index (χ0) is 26.8. The number of carbonyl (C=O) groups excluding carboxylic acids is 2. The molecule has 198 valence electrons. The standard InChI is InChI=1S/C29H35N7O2/c30-19-36-17-9-21(10-18-36)20-1-3-22(4-2-20)33-25(37)28-11-14-29(15-12-28,16-13-28)26(38)34-23-5-7-24(8-6-23)35-27(31)32/h1-9,19,30H,10-18H2,(H,33,37)(H,34,38)(H4,31,32,35). The minimum atomic E-state index is -0.427. The van der Waals surface area contributed by atoms with E-state index in [1.165, 1.54) is 11.9 Å².